The Balaban J connectivity index is 1.86. The fourth-order valence-corrected chi connectivity index (χ4v) is 2.51. The lowest BCUT2D eigenvalue weighted by Gasteiger charge is -2.01. The maximum atomic E-state index is 5.82. The van der Waals surface area contributed by atoms with E-state index < -0.39 is 0 Å². The van der Waals surface area contributed by atoms with E-state index in [1.807, 2.05) is 12.1 Å². The van der Waals surface area contributed by atoms with Crippen LogP contribution >= 0.6 is 27.7 Å². The smallest absolute Gasteiger partial charge is 0.104 e. The number of amidine groups is 1. The lowest BCUT2D eigenvalue weighted by Crippen LogP contribution is -2.15. The summed E-state index contributed by atoms with van der Waals surface area (Å²) in [6, 6.07) is 8.74. The van der Waals surface area contributed by atoms with E-state index in [1.54, 1.807) is 11.8 Å². The Morgan fingerprint density at radius 2 is 2.33 bits per heavy atom. The second kappa shape index (κ2) is 5.03. The van der Waals surface area contributed by atoms with Gasteiger partial charge >= 0.3 is 0 Å². The topological polar surface area (TPSA) is 38.4 Å². The van der Waals surface area contributed by atoms with Crippen molar-refractivity contribution >= 4 is 33.5 Å². The quantitative estimate of drug-likeness (QED) is 0.524. The fraction of sp³-hybridized carbons (Fsp3) is 0.364. The Morgan fingerprint density at radius 3 is 3.00 bits per heavy atom. The van der Waals surface area contributed by atoms with Crippen molar-refractivity contribution in [2.75, 3.05) is 5.75 Å². The van der Waals surface area contributed by atoms with Crippen LogP contribution in [0.25, 0.3) is 0 Å². The number of thioether (sulfide) groups is 1. The first-order chi connectivity index (χ1) is 7.24. The summed E-state index contributed by atoms with van der Waals surface area (Å²) in [5.41, 5.74) is 5.82. The van der Waals surface area contributed by atoms with E-state index in [4.69, 9.17) is 5.73 Å². The fourth-order valence-electron chi connectivity index (χ4n) is 1.19. The van der Waals surface area contributed by atoms with Gasteiger partial charge in [-0.25, -0.2) is 0 Å². The van der Waals surface area contributed by atoms with Crippen LogP contribution in [0.4, 0.5) is 0 Å². The van der Waals surface area contributed by atoms with E-state index >= 15 is 0 Å². The highest BCUT2D eigenvalue weighted by molar-refractivity contribution is 9.10. The van der Waals surface area contributed by atoms with Crippen molar-refractivity contribution in [2.24, 2.45) is 10.7 Å². The van der Waals surface area contributed by atoms with Gasteiger partial charge in [-0.05, 0) is 31.0 Å². The molecule has 0 aromatic heterocycles. The van der Waals surface area contributed by atoms with Crippen molar-refractivity contribution in [3.8, 4) is 0 Å². The predicted molar refractivity (Wildman–Crippen MR) is 69.5 cm³/mol. The number of aliphatic imine (C=N–C) groups is 1. The average Bonchev–Trinajstić information content (AvgIpc) is 2.99. The SMILES string of the molecule is NC(CSc1cccc(Br)c1)=NC1CC1. The molecular weight excluding hydrogens is 272 g/mol. The predicted octanol–water partition coefficient (Wildman–Crippen LogP) is 3.06. The Kier molecular flexibility index (Phi) is 3.70. The first-order valence-corrected chi connectivity index (χ1v) is 6.72. The molecule has 1 aliphatic carbocycles. The van der Waals surface area contributed by atoms with Gasteiger partial charge in [-0.3, -0.25) is 4.99 Å². The summed E-state index contributed by atoms with van der Waals surface area (Å²) in [6.45, 7) is 0. The molecular formula is C11H13BrN2S. The maximum absolute atomic E-state index is 5.82. The van der Waals surface area contributed by atoms with Gasteiger partial charge in [0.25, 0.3) is 0 Å². The van der Waals surface area contributed by atoms with Crippen molar-refractivity contribution in [3.63, 3.8) is 0 Å². The number of nitrogens with zero attached hydrogens (tertiary/aromatic N) is 1. The van der Waals surface area contributed by atoms with Crippen LogP contribution in [-0.4, -0.2) is 17.6 Å². The molecule has 2 rings (SSSR count). The zero-order chi connectivity index (χ0) is 10.7. The van der Waals surface area contributed by atoms with Gasteiger partial charge in [0.05, 0.1) is 11.8 Å². The number of halogens is 1. The normalized spacial score (nSPS) is 16.7. The van der Waals surface area contributed by atoms with Crippen molar-refractivity contribution in [1.29, 1.82) is 0 Å². The van der Waals surface area contributed by atoms with E-state index in [9.17, 15) is 0 Å². The lowest BCUT2D eigenvalue weighted by molar-refractivity contribution is 1.06. The number of nitrogens with two attached hydrogens (primary N) is 1. The van der Waals surface area contributed by atoms with Crippen LogP contribution < -0.4 is 5.73 Å². The monoisotopic (exact) mass is 284 g/mol. The number of benzene rings is 1. The van der Waals surface area contributed by atoms with Crippen LogP contribution in [-0.2, 0) is 0 Å². The maximum Gasteiger partial charge on any atom is 0.104 e. The zero-order valence-electron chi connectivity index (χ0n) is 8.32. The first-order valence-electron chi connectivity index (χ1n) is 4.94. The summed E-state index contributed by atoms with van der Waals surface area (Å²) in [6.07, 6.45) is 2.42. The first kappa shape index (κ1) is 11.0. The molecule has 0 heterocycles. The van der Waals surface area contributed by atoms with Crippen molar-refractivity contribution in [1.82, 2.24) is 0 Å². The molecule has 80 valence electrons. The van der Waals surface area contributed by atoms with Crippen LogP contribution in [0.5, 0.6) is 0 Å². The van der Waals surface area contributed by atoms with Gasteiger partial charge < -0.3 is 5.73 Å². The van der Waals surface area contributed by atoms with E-state index in [0.717, 1.165) is 16.1 Å². The molecule has 15 heavy (non-hydrogen) atoms. The second-order valence-electron chi connectivity index (χ2n) is 3.60. The van der Waals surface area contributed by atoms with Crippen LogP contribution in [0, 0.1) is 0 Å². The van der Waals surface area contributed by atoms with Crippen LogP contribution in [0.3, 0.4) is 0 Å². The van der Waals surface area contributed by atoms with Crippen molar-refractivity contribution in [3.05, 3.63) is 28.7 Å². The molecule has 0 spiro atoms. The van der Waals surface area contributed by atoms with Gasteiger partial charge in [-0.1, -0.05) is 22.0 Å². The van der Waals surface area contributed by atoms with Gasteiger partial charge in [-0.15, -0.1) is 11.8 Å². The Morgan fingerprint density at radius 1 is 1.53 bits per heavy atom. The highest BCUT2D eigenvalue weighted by Crippen LogP contribution is 2.25. The highest BCUT2D eigenvalue weighted by atomic mass is 79.9. The number of rotatable bonds is 4. The van der Waals surface area contributed by atoms with E-state index in [2.05, 4.69) is 33.1 Å². The van der Waals surface area contributed by atoms with E-state index in [1.165, 1.54) is 17.7 Å². The van der Waals surface area contributed by atoms with Gasteiger partial charge in [0.15, 0.2) is 0 Å². The molecule has 0 atom stereocenters. The zero-order valence-corrected chi connectivity index (χ0v) is 10.7. The molecule has 0 amide bonds. The lowest BCUT2D eigenvalue weighted by atomic mass is 10.4. The van der Waals surface area contributed by atoms with Gasteiger partial charge in [0, 0.05) is 9.37 Å². The molecule has 0 saturated heterocycles. The van der Waals surface area contributed by atoms with Crippen LogP contribution in [0.2, 0.25) is 0 Å². The van der Waals surface area contributed by atoms with Gasteiger partial charge in [0.1, 0.15) is 5.84 Å². The standard InChI is InChI=1S/C11H13BrN2S/c12-8-2-1-3-10(6-8)15-7-11(13)14-9-4-5-9/h1-3,6,9H,4-5,7H2,(H2,13,14). The van der Waals surface area contributed by atoms with E-state index in [0.29, 0.717) is 6.04 Å². The molecule has 1 fully saturated rings. The summed E-state index contributed by atoms with van der Waals surface area (Å²) in [4.78, 5) is 5.61. The average molecular weight is 285 g/mol. The van der Waals surface area contributed by atoms with Crippen LogP contribution in [0.1, 0.15) is 12.8 Å². The third kappa shape index (κ3) is 3.87. The molecule has 1 saturated carbocycles. The van der Waals surface area contributed by atoms with E-state index in [-0.39, 0.29) is 0 Å². The minimum Gasteiger partial charge on any atom is -0.387 e. The Labute approximate surface area is 102 Å². The molecule has 2 N–H and O–H groups in total. The molecule has 2 nitrogen and oxygen atoms in total. The molecule has 1 aliphatic rings. The third-order valence-corrected chi connectivity index (χ3v) is 3.60. The molecule has 1 aromatic carbocycles. The molecule has 1 aromatic rings. The summed E-state index contributed by atoms with van der Waals surface area (Å²) in [5, 5.41) is 0. The minimum atomic E-state index is 0.521. The molecule has 0 unspecified atom stereocenters. The summed E-state index contributed by atoms with van der Waals surface area (Å²) in [7, 11) is 0. The van der Waals surface area contributed by atoms with Crippen molar-refractivity contribution in [2.45, 2.75) is 23.8 Å². The summed E-state index contributed by atoms with van der Waals surface area (Å²) in [5.74, 6) is 1.55. The second-order valence-corrected chi connectivity index (χ2v) is 5.56. The van der Waals surface area contributed by atoms with Crippen molar-refractivity contribution < 1.29 is 0 Å². The van der Waals surface area contributed by atoms with Crippen LogP contribution in [0.15, 0.2) is 38.6 Å². The minimum absolute atomic E-state index is 0.521. The van der Waals surface area contributed by atoms with Gasteiger partial charge in [0.2, 0.25) is 0 Å². The summed E-state index contributed by atoms with van der Waals surface area (Å²) >= 11 is 5.17. The third-order valence-electron chi connectivity index (χ3n) is 2.08. The Bertz CT molecular complexity index is 375. The summed E-state index contributed by atoms with van der Waals surface area (Å²) < 4.78 is 1.10. The number of hydrogen-bond acceptors (Lipinski definition) is 2. The molecule has 0 bridgehead atoms. The largest absolute Gasteiger partial charge is 0.387 e. The molecule has 0 aliphatic heterocycles. The Hall–Kier alpha value is -0.480. The highest BCUT2D eigenvalue weighted by Gasteiger charge is 2.20. The molecule has 0 radical (unpaired) electrons. The number of hydrogen-bond donors (Lipinski definition) is 1. The van der Waals surface area contributed by atoms with Gasteiger partial charge in [-0.2, -0.15) is 0 Å². The molecule has 4 heteroatoms.